The summed E-state index contributed by atoms with van der Waals surface area (Å²) in [6, 6.07) is 7.30. The fourth-order valence-corrected chi connectivity index (χ4v) is 3.19. The Morgan fingerprint density at radius 1 is 1.44 bits per heavy atom. The lowest BCUT2D eigenvalue weighted by Gasteiger charge is -2.13. The van der Waals surface area contributed by atoms with Crippen LogP contribution in [0.5, 0.6) is 5.75 Å². The Morgan fingerprint density at radius 2 is 2.22 bits per heavy atom. The van der Waals surface area contributed by atoms with E-state index in [-0.39, 0.29) is 18.1 Å². The molecule has 0 saturated heterocycles. The minimum atomic E-state index is 0.00301. The van der Waals surface area contributed by atoms with Crippen LogP contribution in [0.1, 0.15) is 24.8 Å². The van der Waals surface area contributed by atoms with Gasteiger partial charge in [0.05, 0.1) is 6.42 Å². The van der Waals surface area contributed by atoms with Gasteiger partial charge < -0.3 is 10.4 Å². The number of nitrogens with one attached hydrogen (secondary N) is 1. The van der Waals surface area contributed by atoms with E-state index in [0.29, 0.717) is 16.9 Å². The first kappa shape index (κ1) is 13.3. The molecule has 2 unspecified atom stereocenters. The summed E-state index contributed by atoms with van der Waals surface area (Å²) in [4.78, 5) is 11.9. The van der Waals surface area contributed by atoms with Crippen LogP contribution >= 0.6 is 11.8 Å². The van der Waals surface area contributed by atoms with Crippen molar-refractivity contribution in [1.29, 1.82) is 0 Å². The number of amides is 1. The molecule has 98 valence electrons. The summed E-state index contributed by atoms with van der Waals surface area (Å²) in [6.07, 6.45) is 5.69. The largest absolute Gasteiger partial charge is 0.508 e. The smallest absolute Gasteiger partial charge is 0.224 e. The molecule has 0 spiro atoms. The number of hydrogen-bond donors (Lipinski definition) is 2. The Hall–Kier alpha value is -1.16. The maximum Gasteiger partial charge on any atom is 0.224 e. The highest BCUT2D eigenvalue weighted by atomic mass is 32.2. The number of phenols is 1. The molecule has 0 aliphatic heterocycles. The fraction of sp³-hybridized carbons (Fsp3) is 0.500. The lowest BCUT2D eigenvalue weighted by atomic mass is 10.1. The number of hydrogen-bond acceptors (Lipinski definition) is 3. The lowest BCUT2D eigenvalue weighted by Crippen LogP contribution is -2.34. The van der Waals surface area contributed by atoms with Crippen molar-refractivity contribution in [2.24, 2.45) is 0 Å². The Kier molecular flexibility index (Phi) is 4.53. The van der Waals surface area contributed by atoms with E-state index >= 15 is 0 Å². The van der Waals surface area contributed by atoms with Gasteiger partial charge >= 0.3 is 0 Å². The molecule has 1 aliphatic carbocycles. The second-order valence-electron chi connectivity index (χ2n) is 4.74. The van der Waals surface area contributed by atoms with Crippen LogP contribution in [0.4, 0.5) is 0 Å². The van der Waals surface area contributed by atoms with E-state index in [9.17, 15) is 9.90 Å². The first-order valence-corrected chi connectivity index (χ1v) is 7.57. The second kappa shape index (κ2) is 6.14. The Labute approximate surface area is 112 Å². The van der Waals surface area contributed by atoms with Crippen LogP contribution in [0.25, 0.3) is 0 Å². The van der Waals surface area contributed by atoms with Gasteiger partial charge in [-0.05, 0) is 31.6 Å². The highest BCUT2D eigenvalue weighted by Gasteiger charge is 2.25. The van der Waals surface area contributed by atoms with Crippen LogP contribution in [0, 0.1) is 0 Å². The van der Waals surface area contributed by atoms with Gasteiger partial charge in [0.1, 0.15) is 5.75 Å². The van der Waals surface area contributed by atoms with Gasteiger partial charge in [0.15, 0.2) is 0 Å². The number of carbonyl (C=O) groups excluding carboxylic acids is 1. The van der Waals surface area contributed by atoms with Crippen LogP contribution in [-0.2, 0) is 11.2 Å². The van der Waals surface area contributed by atoms with E-state index in [0.717, 1.165) is 12.8 Å². The summed E-state index contributed by atoms with van der Waals surface area (Å²) in [5.41, 5.74) is 0.689. The van der Waals surface area contributed by atoms with Crippen molar-refractivity contribution in [2.75, 3.05) is 6.26 Å². The number of phenolic OH excluding ortho intramolecular Hbond substituents is 1. The SMILES string of the molecule is CSC1CCC(NC(=O)Cc2ccccc2O)C1. The average Bonchev–Trinajstić information content (AvgIpc) is 2.80. The standard InChI is InChI=1S/C14H19NO2S/c1-18-12-7-6-11(9-12)15-14(17)8-10-4-2-3-5-13(10)16/h2-5,11-12,16H,6-9H2,1H3,(H,15,17). The third kappa shape index (κ3) is 3.42. The Balaban J connectivity index is 1.84. The van der Waals surface area contributed by atoms with Crippen LogP contribution in [0.2, 0.25) is 0 Å². The molecule has 3 nitrogen and oxygen atoms in total. The van der Waals surface area contributed by atoms with Gasteiger partial charge in [-0.2, -0.15) is 11.8 Å². The Bertz CT molecular complexity index is 422. The number of thioether (sulfide) groups is 1. The molecule has 2 atom stereocenters. The molecule has 0 radical (unpaired) electrons. The third-order valence-corrected chi connectivity index (χ3v) is 4.52. The summed E-state index contributed by atoms with van der Waals surface area (Å²) in [5, 5.41) is 13.4. The molecule has 0 aromatic heterocycles. The molecule has 1 aromatic carbocycles. The van der Waals surface area contributed by atoms with Gasteiger partial charge in [-0.3, -0.25) is 4.79 Å². The first-order valence-electron chi connectivity index (χ1n) is 6.28. The summed E-state index contributed by atoms with van der Waals surface area (Å²) >= 11 is 1.88. The van der Waals surface area contributed by atoms with E-state index in [1.807, 2.05) is 17.8 Å². The van der Waals surface area contributed by atoms with Crippen molar-refractivity contribution in [2.45, 2.75) is 37.0 Å². The van der Waals surface area contributed by atoms with Gasteiger partial charge in [0.25, 0.3) is 0 Å². The molecular weight excluding hydrogens is 246 g/mol. The molecular formula is C14H19NO2S. The highest BCUT2D eigenvalue weighted by Crippen LogP contribution is 2.28. The minimum absolute atomic E-state index is 0.00301. The molecule has 4 heteroatoms. The maximum atomic E-state index is 11.9. The molecule has 2 N–H and O–H groups in total. The average molecular weight is 265 g/mol. The summed E-state index contributed by atoms with van der Waals surface area (Å²) in [7, 11) is 0. The van der Waals surface area contributed by atoms with Crippen molar-refractivity contribution in [3.05, 3.63) is 29.8 Å². The molecule has 0 bridgehead atoms. The van der Waals surface area contributed by atoms with E-state index in [4.69, 9.17) is 0 Å². The minimum Gasteiger partial charge on any atom is -0.508 e. The first-order chi connectivity index (χ1) is 8.69. The van der Waals surface area contributed by atoms with Gasteiger partial charge in [0, 0.05) is 16.9 Å². The molecule has 1 fully saturated rings. The predicted molar refractivity (Wildman–Crippen MR) is 74.9 cm³/mol. The van der Waals surface area contributed by atoms with E-state index in [1.165, 1.54) is 6.42 Å². The quantitative estimate of drug-likeness (QED) is 0.878. The maximum absolute atomic E-state index is 11.9. The van der Waals surface area contributed by atoms with Crippen LogP contribution in [-0.4, -0.2) is 28.6 Å². The van der Waals surface area contributed by atoms with Gasteiger partial charge in [-0.15, -0.1) is 0 Å². The van der Waals surface area contributed by atoms with Crippen molar-refractivity contribution >= 4 is 17.7 Å². The van der Waals surface area contributed by atoms with Gasteiger partial charge in [-0.1, -0.05) is 18.2 Å². The molecule has 18 heavy (non-hydrogen) atoms. The molecule has 1 saturated carbocycles. The topological polar surface area (TPSA) is 49.3 Å². The number of aromatic hydroxyl groups is 1. The van der Waals surface area contributed by atoms with Crippen molar-refractivity contribution in [3.63, 3.8) is 0 Å². The van der Waals surface area contributed by atoms with Crippen LogP contribution in [0.3, 0.4) is 0 Å². The van der Waals surface area contributed by atoms with Crippen molar-refractivity contribution in [3.8, 4) is 5.75 Å². The number of para-hydroxylation sites is 1. The molecule has 1 aromatic rings. The molecule has 1 aliphatic rings. The van der Waals surface area contributed by atoms with E-state index in [2.05, 4.69) is 11.6 Å². The normalized spacial score (nSPS) is 22.9. The zero-order chi connectivity index (χ0) is 13.0. The Morgan fingerprint density at radius 3 is 2.89 bits per heavy atom. The highest BCUT2D eigenvalue weighted by molar-refractivity contribution is 7.99. The molecule has 0 heterocycles. The van der Waals surface area contributed by atoms with E-state index in [1.54, 1.807) is 18.2 Å². The van der Waals surface area contributed by atoms with Crippen LogP contribution in [0.15, 0.2) is 24.3 Å². The summed E-state index contributed by atoms with van der Waals surface area (Å²) < 4.78 is 0. The van der Waals surface area contributed by atoms with E-state index < -0.39 is 0 Å². The molecule has 2 rings (SSSR count). The van der Waals surface area contributed by atoms with Crippen LogP contribution < -0.4 is 5.32 Å². The summed E-state index contributed by atoms with van der Waals surface area (Å²) in [6.45, 7) is 0. The van der Waals surface area contributed by atoms with Crippen molar-refractivity contribution in [1.82, 2.24) is 5.32 Å². The van der Waals surface area contributed by atoms with Gasteiger partial charge in [-0.25, -0.2) is 0 Å². The number of rotatable bonds is 4. The second-order valence-corrected chi connectivity index (χ2v) is 5.88. The predicted octanol–water partition coefficient (Wildman–Crippen LogP) is 2.33. The zero-order valence-corrected chi connectivity index (χ0v) is 11.4. The molecule has 1 amide bonds. The monoisotopic (exact) mass is 265 g/mol. The lowest BCUT2D eigenvalue weighted by molar-refractivity contribution is -0.121. The zero-order valence-electron chi connectivity index (χ0n) is 10.6. The number of carbonyl (C=O) groups is 1. The van der Waals surface area contributed by atoms with Crippen molar-refractivity contribution < 1.29 is 9.90 Å². The third-order valence-electron chi connectivity index (χ3n) is 3.43. The number of benzene rings is 1. The summed E-state index contributed by atoms with van der Waals surface area (Å²) in [5.74, 6) is 0.198. The fourth-order valence-electron chi connectivity index (χ4n) is 2.40. The van der Waals surface area contributed by atoms with Gasteiger partial charge in [0.2, 0.25) is 5.91 Å².